The van der Waals surface area contributed by atoms with Gasteiger partial charge in [0.05, 0.1) is 0 Å². The number of hydrogen-bond donors (Lipinski definition) is 2. The molecular weight excluding hydrogens is 286 g/mol. The molecular formula is C14H25N5OS. The summed E-state index contributed by atoms with van der Waals surface area (Å²) in [6.07, 6.45) is 1.89. The minimum atomic E-state index is -0.0138. The highest BCUT2D eigenvalue weighted by molar-refractivity contribution is 7.18. The number of anilines is 2. The smallest absolute Gasteiger partial charge is 0.267 e. The molecule has 1 amide bonds. The maximum atomic E-state index is 12.6. The van der Waals surface area contributed by atoms with Crippen LogP contribution in [0.1, 0.15) is 36.4 Å². The number of rotatable bonds is 5. The zero-order valence-corrected chi connectivity index (χ0v) is 13.9. The van der Waals surface area contributed by atoms with Crippen LogP contribution >= 0.6 is 11.3 Å². The lowest BCUT2D eigenvalue weighted by atomic mass is 10.1. The van der Waals surface area contributed by atoms with E-state index in [0.717, 1.165) is 44.2 Å². The van der Waals surface area contributed by atoms with Gasteiger partial charge in [0, 0.05) is 39.3 Å². The highest BCUT2D eigenvalue weighted by atomic mass is 32.1. The lowest BCUT2D eigenvalue weighted by Gasteiger charge is -2.27. The summed E-state index contributed by atoms with van der Waals surface area (Å²) in [7, 11) is 1.85. The molecule has 3 N–H and O–H groups in total. The van der Waals surface area contributed by atoms with E-state index in [9.17, 15) is 4.79 Å². The van der Waals surface area contributed by atoms with Gasteiger partial charge in [-0.2, -0.15) is 0 Å². The first-order valence-electron chi connectivity index (χ1n) is 7.57. The van der Waals surface area contributed by atoms with Crippen LogP contribution in [-0.2, 0) is 0 Å². The summed E-state index contributed by atoms with van der Waals surface area (Å²) < 4.78 is 0. The van der Waals surface area contributed by atoms with Crippen molar-refractivity contribution in [2.75, 3.05) is 43.9 Å². The van der Waals surface area contributed by atoms with Crippen molar-refractivity contribution in [2.45, 2.75) is 32.7 Å². The molecule has 1 aliphatic rings. The third kappa shape index (κ3) is 3.47. The molecule has 0 spiro atoms. The third-order valence-electron chi connectivity index (χ3n) is 4.03. The number of hydrogen-bond acceptors (Lipinski definition) is 6. The van der Waals surface area contributed by atoms with Crippen molar-refractivity contribution in [3.05, 3.63) is 4.88 Å². The zero-order chi connectivity index (χ0) is 15.4. The number of thiazole rings is 1. The van der Waals surface area contributed by atoms with Gasteiger partial charge in [0.15, 0.2) is 5.13 Å². The minimum absolute atomic E-state index is 0.0138. The minimum Gasteiger partial charge on any atom is -0.382 e. The molecule has 1 saturated heterocycles. The van der Waals surface area contributed by atoms with Crippen LogP contribution in [0.5, 0.6) is 0 Å². The largest absolute Gasteiger partial charge is 0.382 e. The molecule has 2 heterocycles. The van der Waals surface area contributed by atoms with E-state index >= 15 is 0 Å². The maximum Gasteiger partial charge on any atom is 0.267 e. The molecule has 0 saturated carbocycles. The molecule has 1 aromatic rings. The van der Waals surface area contributed by atoms with Gasteiger partial charge in [0.1, 0.15) is 10.7 Å². The topological polar surface area (TPSA) is 74.5 Å². The van der Waals surface area contributed by atoms with Crippen molar-refractivity contribution < 1.29 is 4.79 Å². The fourth-order valence-corrected chi connectivity index (χ4v) is 3.65. The second-order valence-corrected chi connectivity index (χ2v) is 6.31. The first-order valence-corrected chi connectivity index (χ1v) is 8.39. The first kappa shape index (κ1) is 16.0. The Hall–Kier alpha value is -1.34. The van der Waals surface area contributed by atoms with E-state index in [1.165, 1.54) is 11.3 Å². The molecule has 118 valence electrons. The lowest BCUT2D eigenvalue weighted by Crippen LogP contribution is -2.43. The Morgan fingerprint density at radius 1 is 1.43 bits per heavy atom. The number of piperazine rings is 1. The van der Waals surface area contributed by atoms with Gasteiger partial charge >= 0.3 is 0 Å². The van der Waals surface area contributed by atoms with E-state index in [4.69, 9.17) is 5.73 Å². The molecule has 0 unspecified atom stereocenters. The highest BCUT2D eigenvalue weighted by Crippen LogP contribution is 2.30. The Bertz CT molecular complexity index is 480. The molecule has 1 aromatic heterocycles. The van der Waals surface area contributed by atoms with Gasteiger partial charge in [-0.15, -0.1) is 0 Å². The van der Waals surface area contributed by atoms with Crippen molar-refractivity contribution >= 4 is 28.2 Å². The van der Waals surface area contributed by atoms with Crippen LogP contribution in [0.4, 0.5) is 10.9 Å². The van der Waals surface area contributed by atoms with Gasteiger partial charge in [0.2, 0.25) is 0 Å². The number of aromatic nitrogens is 1. The number of carbonyl (C=O) groups excluding carboxylic acids is 1. The maximum absolute atomic E-state index is 12.6. The number of nitrogens with zero attached hydrogens (tertiary/aromatic N) is 3. The molecule has 0 aliphatic carbocycles. The fourth-order valence-electron chi connectivity index (χ4n) is 2.63. The number of amides is 1. The lowest BCUT2D eigenvalue weighted by molar-refractivity contribution is 0.0729. The predicted molar refractivity (Wildman–Crippen MR) is 88.1 cm³/mol. The standard InChI is InChI=1S/C14H25N5OS/c1-4-10(5-2)18(3)13(20)11-12(15)17-14(21-11)19-8-6-16-7-9-19/h10,16H,4-9,15H2,1-3H3. The van der Waals surface area contributed by atoms with E-state index in [1.807, 2.05) is 7.05 Å². The monoisotopic (exact) mass is 311 g/mol. The molecule has 0 radical (unpaired) electrons. The van der Waals surface area contributed by atoms with Gasteiger partial charge in [-0.25, -0.2) is 4.98 Å². The Labute approximate surface area is 130 Å². The van der Waals surface area contributed by atoms with E-state index in [-0.39, 0.29) is 11.9 Å². The summed E-state index contributed by atoms with van der Waals surface area (Å²) in [5, 5.41) is 4.16. The second-order valence-electron chi connectivity index (χ2n) is 5.33. The Morgan fingerprint density at radius 2 is 2.05 bits per heavy atom. The summed E-state index contributed by atoms with van der Waals surface area (Å²) in [6.45, 7) is 7.89. The van der Waals surface area contributed by atoms with E-state index in [1.54, 1.807) is 4.90 Å². The van der Waals surface area contributed by atoms with Crippen LogP contribution in [0.2, 0.25) is 0 Å². The SMILES string of the molecule is CCC(CC)N(C)C(=O)c1sc(N2CCNCC2)nc1N. The van der Waals surface area contributed by atoms with Gasteiger partial charge in [-0.3, -0.25) is 4.79 Å². The number of nitrogen functional groups attached to an aromatic ring is 1. The Kier molecular flexibility index (Phi) is 5.41. The van der Waals surface area contributed by atoms with Crippen LogP contribution in [-0.4, -0.2) is 55.1 Å². The molecule has 0 aromatic carbocycles. The number of nitrogens with one attached hydrogen (secondary N) is 1. The Morgan fingerprint density at radius 3 is 2.62 bits per heavy atom. The summed E-state index contributed by atoms with van der Waals surface area (Å²) in [6, 6.07) is 0.252. The van der Waals surface area contributed by atoms with Crippen molar-refractivity contribution in [3.8, 4) is 0 Å². The molecule has 2 rings (SSSR count). The van der Waals surface area contributed by atoms with Crippen molar-refractivity contribution in [3.63, 3.8) is 0 Å². The molecule has 1 aliphatic heterocycles. The van der Waals surface area contributed by atoms with Gasteiger partial charge in [-0.05, 0) is 12.8 Å². The van der Waals surface area contributed by atoms with Crippen LogP contribution in [0.25, 0.3) is 0 Å². The summed E-state index contributed by atoms with van der Waals surface area (Å²) in [4.78, 5) is 21.6. The Balaban J connectivity index is 2.16. The van der Waals surface area contributed by atoms with E-state index in [2.05, 4.69) is 29.0 Å². The fraction of sp³-hybridized carbons (Fsp3) is 0.714. The number of nitrogens with two attached hydrogens (primary N) is 1. The molecule has 1 fully saturated rings. The molecule has 21 heavy (non-hydrogen) atoms. The van der Waals surface area contributed by atoms with Crippen LogP contribution in [0.15, 0.2) is 0 Å². The molecule has 7 heteroatoms. The van der Waals surface area contributed by atoms with E-state index in [0.29, 0.717) is 10.7 Å². The first-order chi connectivity index (χ1) is 10.1. The molecule has 6 nitrogen and oxygen atoms in total. The average molecular weight is 311 g/mol. The van der Waals surface area contributed by atoms with Crippen molar-refractivity contribution in [2.24, 2.45) is 0 Å². The van der Waals surface area contributed by atoms with Gasteiger partial charge < -0.3 is 20.9 Å². The predicted octanol–water partition coefficient (Wildman–Crippen LogP) is 1.40. The van der Waals surface area contributed by atoms with E-state index < -0.39 is 0 Å². The number of carbonyl (C=O) groups is 1. The second kappa shape index (κ2) is 7.09. The third-order valence-corrected chi connectivity index (χ3v) is 5.15. The van der Waals surface area contributed by atoms with Crippen LogP contribution in [0.3, 0.4) is 0 Å². The van der Waals surface area contributed by atoms with Crippen LogP contribution in [0, 0.1) is 0 Å². The molecule has 0 bridgehead atoms. The van der Waals surface area contributed by atoms with Crippen molar-refractivity contribution in [1.82, 2.24) is 15.2 Å². The summed E-state index contributed by atoms with van der Waals surface area (Å²) in [5.74, 6) is 0.344. The van der Waals surface area contributed by atoms with Crippen LogP contribution < -0.4 is 16.0 Å². The average Bonchev–Trinajstić information content (AvgIpc) is 2.90. The molecule has 0 atom stereocenters. The highest BCUT2D eigenvalue weighted by Gasteiger charge is 2.25. The zero-order valence-electron chi connectivity index (χ0n) is 13.1. The normalized spacial score (nSPS) is 15.5. The van der Waals surface area contributed by atoms with Gasteiger partial charge in [-0.1, -0.05) is 25.2 Å². The van der Waals surface area contributed by atoms with Gasteiger partial charge in [0.25, 0.3) is 5.91 Å². The summed E-state index contributed by atoms with van der Waals surface area (Å²) >= 11 is 1.41. The quantitative estimate of drug-likeness (QED) is 0.860. The summed E-state index contributed by atoms with van der Waals surface area (Å²) in [5.41, 5.74) is 5.98. The van der Waals surface area contributed by atoms with Crippen molar-refractivity contribution in [1.29, 1.82) is 0 Å².